The Morgan fingerprint density at radius 1 is 1.10 bits per heavy atom. The summed E-state index contributed by atoms with van der Waals surface area (Å²) in [7, 11) is 2.10. The zero-order valence-electron chi connectivity index (χ0n) is 13.4. The number of carbonyl (C=O) groups is 2. The van der Waals surface area contributed by atoms with Crippen molar-refractivity contribution in [2.45, 2.75) is 45.6 Å². The van der Waals surface area contributed by atoms with Gasteiger partial charge in [0.15, 0.2) is 0 Å². The maximum atomic E-state index is 12.8. The minimum atomic E-state index is -0.800. The molecule has 1 saturated heterocycles. The van der Waals surface area contributed by atoms with Crippen LogP contribution in [0.3, 0.4) is 0 Å². The zero-order chi connectivity index (χ0) is 15.6. The third kappa shape index (κ3) is 3.39. The highest BCUT2D eigenvalue weighted by Crippen LogP contribution is 2.39. The summed E-state index contributed by atoms with van der Waals surface area (Å²) in [6.45, 7) is 6.57. The van der Waals surface area contributed by atoms with Gasteiger partial charge in [-0.2, -0.15) is 0 Å². The first kappa shape index (κ1) is 16.3. The Morgan fingerprint density at radius 3 is 2.33 bits per heavy atom. The van der Waals surface area contributed by atoms with E-state index < -0.39 is 11.9 Å². The number of aliphatic carboxylic acids is 1. The first-order valence-electron chi connectivity index (χ1n) is 8.19. The van der Waals surface area contributed by atoms with Crippen molar-refractivity contribution in [1.82, 2.24) is 9.80 Å². The molecule has 4 unspecified atom stereocenters. The van der Waals surface area contributed by atoms with Crippen LogP contribution in [0.1, 0.15) is 39.5 Å². The molecule has 1 amide bonds. The molecule has 120 valence electrons. The van der Waals surface area contributed by atoms with Crippen molar-refractivity contribution >= 4 is 11.9 Å². The first-order valence-corrected chi connectivity index (χ1v) is 8.19. The molecule has 0 aromatic carbocycles. The van der Waals surface area contributed by atoms with Gasteiger partial charge in [0.05, 0.1) is 11.8 Å². The van der Waals surface area contributed by atoms with E-state index in [9.17, 15) is 14.7 Å². The zero-order valence-corrected chi connectivity index (χ0v) is 13.4. The highest BCUT2D eigenvalue weighted by molar-refractivity contribution is 5.85. The number of carboxylic acids is 1. The molecule has 1 aliphatic carbocycles. The molecule has 2 fully saturated rings. The van der Waals surface area contributed by atoms with E-state index in [-0.39, 0.29) is 11.8 Å². The Balaban J connectivity index is 2.06. The summed E-state index contributed by atoms with van der Waals surface area (Å²) in [6, 6.07) is 0.398. The quantitative estimate of drug-likeness (QED) is 0.857. The molecule has 4 atom stereocenters. The van der Waals surface area contributed by atoms with Crippen molar-refractivity contribution < 1.29 is 14.7 Å². The second-order valence-corrected chi connectivity index (χ2v) is 6.62. The fourth-order valence-corrected chi connectivity index (χ4v) is 3.84. The molecular formula is C16H28N2O3. The van der Waals surface area contributed by atoms with Crippen LogP contribution in [0, 0.1) is 17.8 Å². The maximum Gasteiger partial charge on any atom is 0.307 e. The van der Waals surface area contributed by atoms with E-state index >= 15 is 0 Å². The molecule has 0 radical (unpaired) electrons. The molecule has 21 heavy (non-hydrogen) atoms. The van der Waals surface area contributed by atoms with Gasteiger partial charge in [0, 0.05) is 25.7 Å². The van der Waals surface area contributed by atoms with Crippen molar-refractivity contribution in [3.63, 3.8) is 0 Å². The van der Waals surface area contributed by atoms with Crippen LogP contribution < -0.4 is 0 Å². The van der Waals surface area contributed by atoms with Crippen LogP contribution in [-0.2, 0) is 9.59 Å². The van der Waals surface area contributed by atoms with E-state index in [0.717, 1.165) is 38.9 Å². The molecule has 5 nitrogen and oxygen atoms in total. The highest BCUT2D eigenvalue weighted by atomic mass is 16.4. The normalized spacial score (nSPS) is 34.1. The van der Waals surface area contributed by atoms with E-state index in [1.54, 1.807) is 0 Å². The number of hydrogen-bond donors (Lipinski definition) is 1. The topological polar surface area (TPSA) is 60.9 Å². The molecule has 1 saturated carbocycles. The Kier molecular flexibility index (Phi) is 5.25. The standard InChI is InChI=1S/C16H28N2O3/c1-4-11-8-13(14(9-11)16(20)21)15(19)18-7-6-17(3)12(5-2)10-18/h11-14H,4-10H2,1-3H3,(H,20,21). The van der Waals surface area contributed by atoms with Gasteiger partial charge in [0.25, 0.3) is 0 Å². The summed E-state index contributed by atoms with van der Waals surface area (Å²) in [5.41, 5.74) is 0. The van der Waals surface area contributed by atoms with Crippen molar-refractivity contribution in [2.24, 2.45) is 17.8 Å². The highest BCUT2D eigenvalue weighted by Gasteiger charge is 2.44. The average molecular weight is 296 g/mol. The van der Waals surface area contributed by atoms with Gasteiger partial charge < -0.3 is 10.0 Å². The monoisotopic (exact) mass is 296 g/mol. The Morgan fingerprint density at radius 2 is 1.76 bits per heavy atom. The summed E-state index contributed by atoms with van der Waals surface area (Å²) < 4.78 is 0. The number of nitrogens with zero attached hydrogens (tertiary/aromatic N) is 2. The van der Waals surface area contributed by atoms with Crippen LogP contribution in [0.2, 0.25) is 0 Å². The molecule has 0 spiro atoms. The molecule has 2 aliphatic rings. The number of hydrogen-bond acceptors (Lipinski definition) is 3. The van der Waals surface area contributed by atoms with Gasteiger partial charge in [0.1, 0.15) is 0 Å². The van der Waals surface area contributed by atoms with Gasteiger partial charge in [-0.15, -0.1) is 0 Å². The van der Waals surface area contributed by atoms with Crippen molar-refractivity contribution in [1.29, 1.82) is 0 Å². The molecule has 0 bridgehead atoms. The number of piperazine rings is 1. The molecule has 1 heterocycles. The molecular weight excluding hydrogens is 268 g/mol. The SMILES string of the molecule is CCC1CC(C(=O)O)C(C(=O)N2CCN(C)C(CC)C2)C1. The third-order valence-corrected chi connectivity index (χ3v) is 5.43. The molecule has 1 aliphatic heterocycles. The fourth-order valence-electron chi connectivity index (χ4n) is 3.84. The first-order chi connectivity index (χ1) is 9.97. The van der Waals surface area contributed by atoms with E-state index in [1.165, 1.54) is 0 Å². The lowest BCUT2D eigenvalue weighted by Gasteiger charge is -2.40. The van der Waals surface area contributed by atoms with Crippen molar-refractivity contribution in [2.75, 3.05) is 26.7 Å². The van der Waals surface area contributed by atoms with Crippen LogP contribution in [0.4, 0.5) is 0 Å². The van der Waals surface area contributed by atoms with Crippen LogP contribution in [0.25, 0.3) is 0 Å². The summed E-state index contributed by atoms with van der Waals surface area (Å²) in [5, 5.41) is 9.41. The predicted octanol–water partition coefficient (Wildman–Crippen LogP) is 1.68. The lowest BCUT2D eigenvalue weighted by Crippen LogP contribution is -2.54. The largest absolute Gasteiger partial charge is 0.481 e. The summed E-state index contributed by atoms with van der Waals surface area (Å²) in [4.78, 5) is 28.4. The van der Waals surface area contributed by atoms with E-state index in [4.69, 9.17) is 0 Å². The minimum Gasteiger partial charge on any atom is -0.481 e. The van der Waals surface area contributed by atoms with Crippen LogP contribution in [0.15, 0.2) is 0 Å². The molecule has 1 N–H and O–H groups in total. The number of likely N-dealkylation sites (N-methyl/N-ethyl adjacent to an activating group) is 1. The van der Waals surface area contributed by atoms with Crippen LogP contribution in [0.5, 0.6) is 0 Å². The second kappa shape index (κ2) is 6.77. The average Bonchev–Trinajstić information content (AvgIpc) is 2.91. The minimum absolute atomic E-state index is 0.0740. The second-order valence-electron chi connectivity index (χ2n) is 6.62. The third-order valence-electron chi connectivity index (χ3n) is 5.43. The van der Waals surface area contributed by atoms with Gasteiger partial charge in [-0.3, -0.25) is 14.5 Å². The van der Waals surface area contributed by atoms with Gasteiger partial charge in [-0.25, -0.2) is 0 Å². The predicted molar refractivity (Wildman–Crippen MR) is 80.9 cm³/mol. The number of carboxylic acid groups (broad SMARTS) is 1. The maximum absolute atomic E-state index is 12.8. The van der Waals surface area contributed by atoms with E-state index in [0.29, 0.717) is 18.4 Å². The molecule has 0 aromatic rings. The smallest absolute Gasteiger partial charge is 0.307 e. The van der Waals surface area contributed by atoms with E-state index in [2.05, 4.69) is 25.8 Å². The molecule has 0 aromatic heterocycles. The Hall–Kier alpha value is -1.10. The van der Waals surface area contributed by atoms with Crippen LogP contribution in [-0.4, -0.2) is 59.5 Å². The van der Waals surface area contributed by atoms with E-state index in [1.807, 2.05) is 4.90 Å². The summed E-state index contributed by atoms with van der Waals surface area (Å²) in [5.74, 6) is -1.14. The van der Waals surface area contributed by atoms with Gasteiger partial charge >= 0.3 is 5.97 Å². The van der Waals surface area contributed by atoms with Gasteiger partial charge in [-0.1, -0.05) is 20.3 Å². The molecule has 5 heteroatoms. The summed E-state index contributed by atoms with van der Waals surface area (Å²) >= 11 is 0. The summed E-state index contributed by atoms with van der Waals surface area (Å²) in [6.07, 6.45) is 3.39. The fraction of sp³-hybridized carbons (Fsp3) is 0.875. The van der Waals surface area contributed by atoms with Gasteiger partial charge in [0.2, 0.25) is 5.91 Å². The Labute approximate surface area is 127 Å². The molecule has 2 rings (SSSR count). The Bertz CT molecular complexity index is 399. The number of rotatable bonds is 4. The van der Waals surface area contributed by atoms with Gasteiger partial charge in [-0.05, 0) is 32.2 Å². The number of amides is 1. The van der Waals surface area contributed by atoms with Crippen LogP contribution >= 0.6 is 0 Å². The lowest BCUT2D eigenvalue weighted by atomic mass is 9.94. The number of carbonyl (C=O) groups excluding carboxylic acids is 1. The van der Waals surface area contributed by atoms with Crippen molar-refractivity contribution in [3.05, 3.63) is 0 Å². The lowest BCUT2D eigenvalue weighted by molar-refractivity contribution is -0.150. The van der Waals surface area contributed by atoms with Crippen molar-refractivity contribution in [3.8, 4) is 0 Å².